The summed E-state index contributed by atoms with van der Waals surface area (Å²) in [5.41, 5.74) is -1.70. The molecule has 1 aliphatic rings. The van der Waals surface area contributed by atoms with Gasteiger partial charge in [0.2, 0.25) is 23.6 Å². The van der Waals surface area contributed by atoms with E-state index < -0.39 is 64.8 Å². The number of nitrogens with zero attached hydrogens (tertiary/aromatic N) is 2. The van der Waals surface area contributed by atoms with E-state index in [1.807, 2.05) is 20.8 Å². The molecule has 4 aromatic rings. The van der Waals surface area contributed by atoms with E-state index in [4.69, 9.17) is 9.26 Å². The van der Waals surface area contributed by atoms with Crippen LogP contribution in [0.4, 0.5) is 17.6 Å². The Kier molecular flexibility index (Phi) is 12.1. The van der Waals surface area contributed by atoms with E-state index in [0.717, 1.165) is 6.07 Å². The molecule has 5 rings (SSSR count). The van der Waals surface area contributed by atoms with Crippen LogP contribution in [0.1, 0.15) is 98.8 Å². The van der Waals surface area contributed by atoms with E-state index in [2.05, 4.69) is 31.1 Å². The van der Waals surface area contributed by atoms with Crippen LogP contribution in [0.25, 0.3) is 10.9 Å². The number of carbonyl (C=O) groups excluding carboxylic acids is 4. The first-order valence-corrected chi connectivity index (χ1v) is 18.0. The number of alkyl halides is 3. The molecule has 2 aromatic carbocycles. The highest BCUT2D eigenvalue weighted by Crippen LogP contribution is 2.40. The minimum atomic E-state index is -4.66. The summed E-state index contributed by atoms with van der Waals surface area (Å²) < 4.78 is 66.9. The lowest BCUT2D eigenvalue weighted by atomic mass is 9.78. The number of aromatic nitrogens is 3. The fraction of sp³-hybridized carbons (Fsp3) is 0.474. The first-order valence-electron chi connectivity index (χ1n) is 18.0. The summed E-state index contributed by atoms with van der Waals surface area (Å²) in [6.45, 7) is 8.92. The lowest BCUT2D eigenvalue weighted by Gasteiger charge is -2.39. The van der Waals surface area contributed by atoms with Gasteiger partial charge < -0.3 is 30.2 Å². The Hall–Kier alpha value is -5.28. The van der Waals surface area contributed by atoms with Gasteiger partial charge in [0.15, 0.2) is 0 Å². The minimum Gasteiger partial charge on any atom is -0.460 e. The molecule has 0 saturated heterocycles. The zero-order valence-corrected chi connectivity index (χ0v) is 30.7. The summed E-state index contributed by atoms with van der Waals surface area (Å²) in [6, 6.07) is 7.45. The fourth-order valence-corrected chi connectivity index (χ4v) is 6.72. The van der Waals surface area contributed by atoms with Crippen LogP contribution in [-0.4, -0.2) is 57.0 Å². The van der Waals surface area contributed by atoms with Crippen molar-refractivity contribution in [2.45, 2.75) is 96.9 Å². The normalized spacial score (nSPS) is 17.9. The maximum absolute atomic E-state index is 14.7. The number of aryl methyl sites for hydroxylation is 1. The zero-order valence-electron chi connectivity index (χ0n) is 30.7. The van der Waals surface area contributed by atoms with E-state index in [0.29, 0.717) is 24.1 Å². The molecule has 3 unspecified atom stereocenters. The molecule has 2 heterocycles. The van der Waals surface area contributed by atoms with Gasteiger partial charge in [0.1, 0.15) is 23.4 Å². The monoisotopic (exact) mass is 756 g/mol. The number of carbonyl (C=O) groups is 4. The average Bonchev–Trinajstić information content (AvgIpc) is 3.78. The van der Waals surface area contributed by atoms with Crippen molar-refractivity contribution in [3.8, 4) is 0 Å². The number of benzene rings is 2. The Morgan fingerprint density at radius 3 is 2.39 bits per heavy atom. The number of halogens is 4. The highest BCUT2D eigenvalue weighted by atomic mass is 19.4. The summed E-state index contributed by atoms with van der Waals surface area (Å²) in [5, 5.41) is 12.5. The molecule has 2 aromatic heterocycles. The summed E-state index contributed by atoms with van der Waals surface area (Å²) in [6.07, 6.45) is -4.19. The predicted octanol–water partition coefficient (Wildman–Crippen LogP) is 5.91. The number of para-hydroxylation sites is 1. The number of H-pyrrole nitrogens is 1. The SMILES string of the molecule is CCOC(=O)c1noc([C@@H](NC(=O)[C@@]2(NC(=O)C(NC(=O)Cc3ccccc3F)C(C)CC)CCc3[nH]c4c(C(F)(F)F)cccc4c3C2)C(C)CC)n1. The maximum Gasteiger partial charge on any atom is 0.418 e. The van der Waals surface area contributed by atoms with Gasteiger partial charge in [-0.25, -0.2) is 9.18 Å². The second kappa shape index (κ2) is 16.4. The van der Waals surface area contributed by atoms with E-state index >= 15 is 0 Å². The molecule has 1 aliphatic carbocycles. The van der Waals surface area contributed by atoms with E-state index in [-0.39, 0.29) is 66.4 Å². The third-order valence-corrected chi connectivity index (χ3v) is 10.2. The molecule has 0 bridgehead atoms. The highest BCUT2D eigenvalue weighted by molar-refractivity contribution is 5.97. The van der Waals surface area contributed by atoms with Crippen molar-refractivity contribution in [2.24, 2.45) is 11.8 Å². The van der Waals surface area contributed by atoms with Crippen LogP contribution < -0.4 is 16.0 Å². The van der Waals surface area contributed by atoms with E-state index in [9.17, 15) is 36.7 Å². The van der Waals surface area contributed by atoms with Gasteiger partial charge in [0, 0.05) is 17.5 Å². The number of amides is 3. The molecule has 4 N–H and O–H groups in total. The fourth-order valence-electron chi connectivity index (χ4n) is 6.72. The molecule has 0 fully saturated rings. The standard InChI is InChI=1S/C38H44F4N6O6/c1-6-20(4)29(44-28(49)18-22-12-9-10-15-26(22)39)33(50)47-37(17-16-27-24(19-37)23-13-11-14-25(31(23)43-27)38(40,41)42)36(52)45-30(21(5)7-2)34-46-32(48-54-34)35(51)53-8-3/h9-15,20-21,29-30,43H,6-8,16-19H2,1-5H3,(H,44,49)(H,45,52)(H,47,50)/t20?,21?,29?,30-,37+/m0/s1. The second-order valence-corrected chi connectivity index (χ2v) is 13.8. The number of fused-ring (bicyclic) bond motifs is 3. The molecular weight excluding hydrogens is 712 g/mol. The van der Waals surface area contributed by atoms with Crippen molar-refractivity contribution in [2.75, 3.05) is 6.61 Å². The molecule has 290 valence electrons. The van der Waals surface area contributed by atoms with Crippen molar-refractivity contribution in [1.29, 1.82) is 0 Å². The number of hydrogen-bond donors (Lipinski definition) is 4. The highest BCUT2D eigenvalue weighted by Gasteiger charge is 2.47. The van der Waals surface area contributed by atoms with Crippen molar-refractivity contribution in [1.82, 2.24) is 31.1 Å². The number of esters is 1. The Bertz CT molecular complexity index is 2010. The zero-order chi connectivity index (χ0) is 39.4. The van der Waals surface area contributed by atoms with Crippen molar-refractivity contribution in [3.05, 3.63) is 82.4 Å². The number of rotatable bonds is 14. The van der Waals surface area contributed by atoms with Crippen LogP contribution >= 0.6 is 0 Å². The van der Waals surface area contributed by atoms with Crippen LogP contribution in [0.15, 0.2) is 47.0 Å². The van der Waals surface area contributed by atoms with Crippen molar-refractivity contribution >= 4 is 34.6 Å². The summed E-state index contributed by atoms with van der Waals surface area (Å²) in [7, 11) is 0. The van der Waals surface area contributed by atoms with Crippen molar-refractivity contribution in [3.63, 3.8) is 0 Å². The van der Waals surface area contributed by atoms with E-state index in [1.54, 1.807) is 19.9 Å². The first kappa shape index (κ1) is 39.9. The van der Waals surface area contributed by atoms with Gasteiger partial charge in [-0.05, 0) is 60.0 Å². The van der Waals surface area contributed by atoms with Crippen LogP contribution in [0.3, 0.4) is 0 Å². The molecular formula is C38H44F4N6O6. The van der Waals surface area contributed by atoms with Crippen LogP contribution in [0, 0.1) is 17.7 Å². The Morgan fingerprint density at radius 2 is 1.72 bits per heavy atom. The number of nitrogens with one attached hydrogen (secondary N) is 4. The van der Waals surface area contributed by atoms with Gasteiger partial charge in [-0.3, -0.25) is 14.4 Å². The number of aromatic amines is 1. The number of hydrogen-bond acceptors (Lipinski definition) is 8. The quantitative estimate of drug-likeness (QED) is 0.0911. The van der Waals surface area contributed by atoms with Crippen LogP contribution in [0.2, 0.25) is 0 Å². The Balaban J connectivity index is 1.53. The predicted molar refractivity (Wildman–Crippen MR) is 188 cm³/mol. The minimum absolute atomic E-state index is 0.0344. The van der Waals surface area contributed by atoms with Gasteiger partial charge in [-0.1, -0.05) is 70.9 Å². The Labute approximate surface area is 309 Å². The van der Waals surface area contributed by atoms with Gasteiger partial charge in [0.05, 0.1) is 24.1 Å². The molecule has 12 nitrogen and oxygen atoms in total. The maximum atomic E-state index is 14.7. The second-order valence-electron chi connectivity index (χ2n) is 13.8. The summed E-state index contributed by atoms with van der Waals surface area (Å²) >= 11 is 0. The van der Waals surface area contributed by atoms with Crippen LogP contribution in [-0.2, 0) is 44.6 Å². The van der Waals surface area contributed by atoms with Gasteiger partial charge in [0.25, 0.3) is 5.82 Å². The lowest BCUT2D eigenvalue weighted by Crippen LogP contribution is -2.65. The molecule has 0 aliphatic heterocycles. The molecule has 0 spiro atoms. The Morgan fingerprint density at radius 1 is 1.00 bits per heavy atom. The van der Waals surface area contributed by atoms with Gasteiger partial charge >= 0.3 is 12.1 Å². The molecule has 5 atom stereocenters. The average molecular weight is 757 g/mol. The van der Waals surface area contributed by atoms with E-state index in [1.165, 1.54) is 30.3 Å². The summed E-state index contributed by atoms with van der Waals surface area (Å²) in [5.74, 6) is -4.62. The summed E-state index contributed by atoms with van der Waals surface area (Å²) in [4.78, 5) is 61.7. The smallest absolute Gasteiger partial charge is 0.418 e. The molecule has 3 amide bonds. The third kappa shape index (κ3) is 8.42. The third-order valence-electron chi connectivity index (χ3n) is 10.2. The molecule has 54 heavy (non-hydrogen) atoms. The molecule has 0 radical (unpaired) electrons. The largest absolute Gasteiger partial charge is 0.460 e. The van der Waals surface area contributed by atoms with Crippen molar-refractivity contribution < 1.29 is 46.0 Å². The van der Waals surface area contributed by atoms with Crippen LogP contribution in [0.5, 0.6) is 0 Å². The first-order chi connectivity index (χ1) is 25.6. The van der Waals surface area contributed by atoms with Gasteiger partial charge in [-0.2, -0.15) is 18.2 Å². The molecule has 16 heteroatoms. The molecule has 0 saturated carbocycles. The lowest BCUT2D eigenvalue weighted by molar-refractivity contribution is -0.137. The topological polar surface area (TPSA) is 168 Å². The van der Waals surface area contributed by atoms with Gasteiger partial charge in [-0.15, -0.1) is 0 Å². The number of ether oxygens (including phenoxy) is 1.